The topological polar surface area (TPSA) is 68.5 Å². The Morgan fingerprint density at radius 2 is 1.75 bits per heavy atom. The normalized spacial score (nSPS) is 10.3. The molecule has 0 aliphatic heterocycles. The average molecular weight is 273 g/mol. The highest BCUT2D eigenvalue weighted by atomic mass is 16.5. The van der Waals surface area contributed by atoms with Gasteiger partial charge in [-0.3, -0.25) is 4.79 Å². The molecule has 0 fully saturated rings. The number of pyridine rings is 1. The smallest absolute Gasteiger partial charge is 0.337 e. The van der Waals surface area contributed by atoms with Crippen LogP contribution < -0.4 is 10.2 Å². The Hall–Kier alpha value is -2.56. The number of carboxylic acids is 1. The molecule has 20 heavy (non-hydrogen) atoms. The number of aryl methyl sites for hydroxylation is 2. The average Bonchev–Trinajstić information content (AvgIpc) is 2.37. The highest BCUT2D eigenvalue weighted by Gasteiger charge is 2.15. The molecular formula is C15H15NO4. The van der Waals surface area contributed by atoms with Crippen molar-refractivity contribution in [3.05, 3.63) is 57.5 Å². The maximum absolute atomic E-state index is 11.5. The van der Waals surface area contributed by atoms with E-state index in [1.807, 2.05) is 0 Å². The standard InChI is InChI=1S/C15H15NO4/c1-9-6-11(17)7-10(2)16(9)14-5-4-12(20-3)8-13(14)15(18)19/h4-8H,1-3H3,(H,18,19). The van der Waals surface area contributed by atoms with Gasteiger partial charge in [0.25, 0.3) is 0 Å². The summed E-state index contributed by atoms with van der Waals surface area (Å²) in [6.07, 6.45) is 0. The molecule has 0 amide bonds. The summed E-state index contributed by atoms with van der Waals surface area (Å²) in [4.78, 5) is 22.9. The van der Waals surface area contributed by atoms with Crippen molar-refractivity contribution in [2.24, 2.45) is 0 Å². The molecule has 5 heteroatoms. The molecule has 0 saturated carbocycles. The van der Waals surface area contributed by atoms with Crippen molar-refractivity contribution >= 4 is 5.97 Å². The molecule has 0 saturated heterocycles. The lowest BCUT2D eigenvalue weighted by Gasteiger charge is -2.17. The van der Waals surface area contributed by atoms with E-state index in [4.69, 9.17) is 4.74 Å². The van der Waals surface area contributed by atoms with Gasteiger partial charge >= 0.3 is 5.97 Å². The Balaban J connectivity index is 2.76. The molecule has 0 unspecified atom stereocenters. The van der Waals surface area contributed by atoms with E-state index in [1.54, 1.807) is 30.5 Å². The van der Waals surface area contributed by atoms with Crippen molar-refractivity contribution in [2.45, 2.75) is 13.8 Å². The zero-order valence-corrected chi connectivity index (χ0v) is 11.5. The maximum Gasteiger partial charge on any atom is 0.337 e. The summed E-state index contributed by atoms with van der Waals surface area (Å²) in [7, 11) is 1.48. The van der Waals surface area contributed by atoms with Crippen LogP contribution in [-0.4, -0.2) is 22.8 Å². The number of aromatic nitrogens is 1. The number of methoxy groups -OCH3 is 1. The van der Waals surface area contributed by atoms with E-state index >= 15 is 0 Å². The molecule has 0 bridgehead atoms. The van der Waals surface area contributed by atoms with Crippen LogP contribution in [0.4, 0.5) is 0 Å². The highest BCUT2D eigenvalue weighted by molar-refractivity contribution is 5.92. The molecule has 1 N–H and O–H groups in total. The third-order valence-electron chi connectivity index (χ3n) is 3.08. The molecule has 1 aromatic carbocycles. The molecule has 5 nitrogen and oxygen atoms in total. The fourth-order valence-electron chi connectivity index (χ4n) is 2.25. The van der Waals surface area contributed by atoms with Crippen molar-refractivity contribution in [1.29, 1.82) is 0 Å². The predicted octanol–water partition coefficient (Wildman–Crippen LogP) is 2.16. The first-order chi connectivity index (χ1) is 9.43. The van der Waals surface area contributed by atoms with Crippen LogP contribution in [-0.2, 0) is 0 Å². The van der Waals surface area contributed by atoms with Crippen molar-refractivity contribution in [3.63, 3.8) is 0 Å². The Bertz CT molecular complexity index is 705. The first-order valence-corrected chi connectivity index (χ1v) is 6.06. The molecule has 0 atom stereocenters. The molecule has 0 spiro atoms. The number of carbonyl (C=O) groups is 1. The molecule has 1 aromatic heterocycles. The Morgan fingerprint density at radius 1 is 1.15 bits per heavy atom. The molecule has 2 aromatic rings. The van der Waals surface area contributed by atoms with Crippen LogP contribution in [0.5, 0.6) is 5.75 Å². The fourth-order valence-corrected chi connectivity index (χ4v) is 2.25. The Morgan fingerprint density at radius 3 is 2.25 bits per heavy atom. The maximum atomic E-state index is 11.5. The van der Waals surface area contributed by atoms with Crippen LogP contribution in [0.25, 0.3) is 5.69 Å². The van der Waals surface area contributed by atoms with Crippen molar-refractivity contribution < 1.29 is 14.6 Å². The molecule has 0 aliphatic carbocycles. The van der Waals surface area contributed by atoms with Gasteiger partial charge in [0.15, 0.2) is 5.43 Å². The zero-order valence-electron chi connectivity index (χ0n) is 11.5. The zero-order chi connectivity index (χ0) is 14.9. The Labute approximate surface area is 116 Å². The highest BCUT2D eigenvalue weighted by Crippen LogP contribution is 2.23. The largest absolute Gasteiger partial charge is 0.497 e. The quantitative estimate of drug-likeness (QED) is 0.930. The number of nitrogens with zero attached hydrogens (tertiary/aromatic N) is 1. The number of rotatable bonds is 3. The summed E-state index contributed by atoms with van der Waals surface area (Å²) in [5, 5.41) is 9.35. The summed E-state index contributed by atoms with van der Waals surface area (Å²) in [5.74, 6) is -0.570. The number of hydrogen-bond acceptors (Lipinski definition) is 3. The van der Waals surface area contributed by atoms with Gasteiger partial charge in [0.2, 0.25) is 0 Å². The molecule has 2 rings (SSSR count). The van der Waals surface area contributed by atoms with Gasteiger partial charge in [-0.25, -0.2) is 4.79 Å². The van der Waals surface area contributed by atoms with Gasteiger partial charge in [0, 0.05) is 23.5 Å². The van der Waals surface area contributed by atoms with E-state index in [1.165, 1.54) is 25.3 Å². The first-order valence-electron chi connectivity index (χ1n) is 6.06. The van der Waals surface area contributed by atoms with Gasteiger partial charge in [-0.2, -0.15) is 0 Å². The van der Waals surface area contributed by atoms with Crippen LogP contribution in [0.15, 0.2) is 35.1 Å². The third kappa shape index (κ3) is 2.42. The van der Waals surface area contributed by atoms with Gasteiger partial charge in [-0.1, -0.05) is 0 Å². The second-order valence-electron chi connectivity index (χ2n) is 4.50. The third-order valence-corrected chi connectivity index (χ3v) is 3.08. The van der Waals surface area contributed by atoms with Gasteiger partial charge in [0.05, 0.1) is 18.4 Å². The van der Waals surface area contributed by atoms with Crippen LogP contribution >= 0.6 is 0 Å². The molecule has 0 aliphatic rings. The monoisotopic (exact) mass is 273 g/mol. The molecule has 0 radical (unpaired) electrons. The van der Waals surface area contributed by atoms with Crippen molar-refractivity contribution in [2.75, 3.05) is 7.11 Å². The van der Waals surface area contributed by atoms with Crippen LogP contribution in [0, 0.1) is 13.8 Å². The van der Waals surface area contributed by atoms with Crippen molar-refractivity contribution in [1.82, 2.24) is 4.57 Å². The van der Waals surface area contributed by atoms with Gasteiger partial charge in [-0.15, -0.1) is 0 Å². The van der Waals surface area contributed by atoms with Crippen LogP contribution in [0.3, 0.4) is 0 Å². The fraction of sp³-hybridized carbons (Fsp3) is 0.200. The molecule has 1 heterocycles. The van der Waals surface area contributed by atoms with E-state index in [0.717, 1.165) is 0 Å². The van der Waals surface area contributed by atoms with E-state index in [-0.39, 0.29) is 11.0 Å². The summed E-state index contributed by atoms with van der Waals surface area (Å²) in [5.41, 5.74) is 1.90. The van der Waals surface area contributed by atoms with Gasteiger partial charge < -0.3 is 14.4 Å². The number of benzene rings is 1. The summed E-state index contributed by atoms with van der Waals surface area (Å²) in [6.45, 7) is 3.54. The SMILES string of the molecule is COc1ccc(-n2c(C)cc(=O)cc2C)c(C(=O)O)c1. The number of hydrogen-bond donors (Lipinski definition) is 1. The molecular weight excluding hydrogens is 258 g/mol. The molecule has 104 valence electrons. The summed E-state index contributed by atoms with van der Waals surface area (Å²) < 4.78 is 6.79. The summed E-state index contributed by atoms with van der Waals surface area (Å²) in [6, 6.07) is 7.78. The minimum atomic E-state index is -1.05. The van der Waals surface area contributed by atoms with E-state index in [2.05, 4.69) is 0 Å². The summed E-state index contributed by atoms with van der Waals surface area (Å²) >= 11 is 0. The van der Waals surface area contributed by atoms with E-state index < -0.39 is 5.97 Å². The van der Waals surface area contributed by atoms with Crippen LogP contribution in [0.1, 0.15) is 21.7 Å². The first kappa shape index (κ1) is 13.9. The minimum Gasteiger partial charge on any atom is -0.497 e. The lowest BCUT2D eigenvalue weighted by atomic mass is 10.1. The Kier molecular flexibility index (Phi) is 3.61. The number of ether oxygens (including phenoxy) is 1. The van der Waals surface area contributed by atoms with Crippen LogP contribution in [0.2, 0.25) is 0 Å². The van der Waals surface area contributed by atoms with E-state index in [9.17, 15) is 14.7 Å². The predicted molar refractivity (Wildman–Crippen MR) is 75.0 cm³/mol. The van der Waals surface area contributed by atoms with E-state index in [0.29, 0.717) is 22.8 Å². The van der Waals surface area contributed by atoms with Gasteiger partial charge in [-0.05, 0) is 32.0 Å². The second-order valence-corrected chi connectivity index (χ2v) is 4.50. The van der Waals surface area contributed by atoms with Crippen molar-refractivity contribution in [3.8, 4) is 11.4 Å². The second kappa shape index (κ2) is 5.21. The minimum absolute atomic E-state index is 0.0957. The van der Waals surface area contributed by atoms with Gasteiger partial charge in [0.1, 0.15) is 5.75 Å². The number of aromatic carboxylic acids is 1. The lowest BCUT2D eigenvalue weighted by molar-refractivity contribution is 0.0696. The lowest BCUT2D eigenvalue weighted by Crippen LogP contribution is -2.14. The number of carboxylic acid groups (broad SMARTS) is 1.